The largest absolute Gasteiger partial charge is 0.444 e. The van der Waals surface area contributed by atoms with Crippen LogP contribution < -0.4 is 10.6 Å². The zero-order valence-corrected chi connectivity index (χ0v) is 32.4. The maximum absolute atomic E-state index is 13.0. The van der Waals surface area contributed by atoms with Gasteiger partial charge in [-0.25, -0.2) is 29.0 Å². The number of amides is 6. The summed E-state index contributed by atoms with van der Waals surface area (Å²) in [5.74, 6) is -4.93. The third kappa shape index (κ3) is 13.0. The fourth-order valence-corrected chi connectivity index (χ4v) is 5.20. The number of piperazine rings is 2. The van der Waals surface area contributed by atoms with Gasteiger partial charge >= 0.3 is 24.1 Å². The lowest BCUT2D eigenvalue weighted by atomic mass is 10.1. The van der Waals surface area contributed by atoms with Gasteiger partial charge in [0.05, 0.1) is 26.2 Å². The van der Waals surface area contributed by atoms with E-state index in [2.05, 4.69) is 10.6 Å². The molecular formula is C34H56N6O12. The van der Waals surface area contributed by atoms with Crippen molar-refractivity contribution in [3.63, 3.8) is 0 Å². The molecule has 0 spiro atoms. The number of carbonyl (C=O) groups excluding carboxylic acids is 8. The van der Waals surface area contributed by atoms with Crippen molar-refractivity contribution in [1.82, 2.24) is 30.2 Å². The number of hydrogen-bond donors (Lipinski definition) is 2. The molecule has 2 saturated heterocycles. The molecule has 0 saturated carbocycles. The molecule has 0 aliphatic carbocycles. The van der Waals surface area contributed by atoms with Crippen LogP contribution in [0.5, 0.6) is 0 Å². The van der Waals surface area contributed by atoms with Crippen molar-refractivity contribution in [3.05, 3.63) is 0 Å². The number of carbonyl (C=O) groups is 8. The minimum Gasteiger partial charge on any atom is -0.444 e. The molecule has 6 amide bonds. The van der Waals surface area contributed by atoms with Crippen LogP contribution in [0.2, 0.25) is 0 Å². The molecule has 0 aromatic heterocycles. The van der Waals surface area contributed by atoms with Gasteiger partial charge in [-0.15, -0.1) is 0 Å². The van der Waals surface area contributed by atoms with E-state index in [4.69, 9.17) is 18.9 Å². The molecule has 2 aliphatic rings. The molecule has 2 rings (SSSR count). The van der Waals surface area contributed by atoms with Gasteiger partial charge in [0.1, 0.15) is 23.3 Å². The molecule has 18 heteroatoms. The van der Waals surface area contributed by atoms with Crippen molar-refractivity contribution in [2.45, 2.75) is 118 Å². The lowest BCUT2D eigenvalue weighted by molar-refractivity contribution is -0.170. The molecule has 0 unspecified atom stereocenters. The van der Waals surface area contributed by atoms with Crippen molar-refractivity contribution in [2.75, 3.05) is 39.6 Å². The normalized spacial score (nSPS) is 18.9. The van der Waals surface area contributed by atoms with Gasteiger partial charge in [0.15, 0.2) is 13.5 Å². The minimum atomic E-state index is -1.08. The SMILES string of the molecule is CC(C)[C@H](NC(=O)OC(C)(C)C)C(=O)OCN1C(=O)CN([C@H](C)[C@H](C)N2CC(=O)N(COC(=O)[C@@H](NC(=O)OC(C)(C)C)C(C)C)C(=O)C2)CC1=O. The summed E-state index contributed by atoms with van der Waals surface area (Å²) >= 11 is 0. The summed E-state index contributed by atoms with van der Waals surface area (Å²) in [6, 6.07) is -3.12. The Kier molecular flexibility index (Phi) is 15.1. The van der Waals surface area contributed by atoms with E-state index in [9.17, 15) is 38.4 Å². The first-order valence-corrected chi connectivity index (χ1v) is 17.3. The Balaban J connectivity index is 1.94. The average molecular weight is 741 g/mol. The van der Waals surface area contributed by atoms with Crippen molar-refractivity contribution in [1.29, 1.82) is 0 Å². The monoisotopic (exact) mass is 740 g/mol. The molecular weight excluding hydrogens is 684 g/mol. The standard InChI is InChI=1S/C34H56N6O12/c1-19(2)27(35-31(47)51-33(7,8)9)29(45)49-17-39-23(41)13-37(14-24(39)42)21(5)22(6)38-15-25(43)40(26(44)16-38)18-50-30(46)28(20(3)4)36-32(48)52-34(10,11)12/h19-22,27-28H,13-18H2,1-12H3,(H,35,47)(H,36,48)/t21-,22+,27-,28-/m0/s1. The molecule has 0 aromatic carbocycles. The van der Waals surface area contributed by atoms with Gasteiger partial charge in [0.25, 0.3) is 0 Å². The van der Waals surface area contributed by atoms with E-state index < -0.39 is 96.6 Å². The zero-order chi connectivity index (χ0) is 39.9. The van der Waals surface area contributed by atoms with E-state index in [0.717, 1.165) is 9.80 Å². The van der Waals surface area contributed by atoms with Crippen LogP contribution in [-0.2, 0) is 47.7 Å². The van der Waals surface area contributed by atoms with E-state index in [0.29, 0.717) is 0 Å². The quantitative estimate of drug-likeness (QED) is 0.155. The molecule has 0 radical (unpaired) electrons. The summed E-state index contributed by atoms with van der Waals surface area (Å²) in [6.45, 7) is 18.2. The fourth-order valence-electron chi connectivity index (χ4n) is 5.20. The molecule has 18 nitrogen and oxygen atoms in total. The predicted octanol–water partition coefficient (Wildman–Crippen LogP) is 1.21. The molecule has 294 valence electrons. The van der Waals surface area contributed by atoms with Crippen LogP contribution in [0.1, 0.15) is 83.1 Å². The summed E-state index contributed by atoms with van der Waals surface area (Å²) < 4.78 is 20.9. The smallest absolute Gasteiger partial charge is 0.408 e. The first kappa shape index (κ1) is 43.8. The topological polar surface area (TPSA) is 210 Å². The molecule has 4 atom stereocenters. The second-order valence-corrected chi connectivity index (χ2v) is 15.6. The third-order valence-electron chi connectivity index (χ3n) is 8.27. The van der Waals surface area contributed by atoms with Crippen molar-refractivity contribution in [2.24, 2.45) is 11.8 Å². The second kappa shape index (κ2) is 17.9. The Morgan fingerprint density at radius 3 is 1.06 bits per heavy atom. The van der Waals surface area contributed by atoms with Gasteiger partial charge in [-0.1, -0.05) is 27.7 Å². The summed E-state index contributed by atoms with van der Waals surface area (Å²) in [5, 5.41) is 4.92. The first-order valence-electron chi connectivity index (χ1n) is 17.3. The van der Waals surface area contributed by atoms with Crippen LogP contribution in [0, 0.1) is 11.8 Å². The molecule has 0 bridgehead atoms. The highest BCUT2D eigenvalue weighted by Gasteiger charge is 2.41. The van der Waals surface area contributed by atoms with Crippen molar-refractivity contribution >= 4 is 47.8 Å². The van der Waals surface area contributed by atoms with Crippen LogP contribution in [0.25, 0.3) is 0 Å². The number of nitrogens with zero attached hydrogens (tertiary/aromatic N) is 4. The predicted molar refractivity (Wildman–Crippen MR) is 184 cm³/mol. The van der Waals surface area contributed by atoms with Crippen LogP contribution in [0.4, 0.5) is 9.59 Å². The Bertz CT molecular complexity index is 1230. The van der Waals surface area contributed by atoms with Crippen LogP contribution in [0.15, 0.2) is 0 Å². The zero-order valence-electron chi connectivity index (χ0n) is 32.4. The lowest BCUT2D eigenvalue weighted by Crippen LogP contribution is -2.63. The highest BCUT2D eigenvalue weighted by atomic mass is 16.6. The highest BCUT2D eigenvalue weighted by Crippen LogP contribution is 2.19. The Morgan fingerprint density at radius 2 is 0.827 bits per heavy atom. The van der Waals surface area contributed by atoms with Crippen LogP contribution in [-0.4, -0.2) is 142 Å². The number of nitrogens with one attached hydrogen (secondary N) is 2. The van der Waals surface area contributed by atoms with E-state index in [1.165, 1.54) is 0 Å². The highest BCUT2D eigenvalue weighted by molar-refractivity contribution is 6.00. The minimum absolute atomic E-state index is 0.204. The number of imide groups is 2. The van der Waals surface area contributed by atoms with Gasteiger partial charge in [-0.3, -0.25) is 29.0 Å². The Labute approximate surface area is 305 Å². The number of esters is 2. The fraction of sp³-hybridized carbons (Fsp3) is 0.765. The average Bonchev–Trinajstić information content (AvgIpc) is 2.98. The van der Waals surface area contributed by atoms with Gasteiger partial charge in [0, 0.05) is 12.1 Å². The molecule has 2 heterocycles. The molecule has 52 heavy (non-hydrogen) atoms. The summed E-state index contributed by atoms with van der Waals surface area (Å²) in [6.07, 6.45) is -1.63. The van der Waals surface area contributed by atoms with Crippen LogP contribution in [0.3, 0.4) is 0 Å². The van der Waals surface area contributed by atoms with Gasteiger partial charge < -0.3 is 29.6 Å². The first-order chi connectivity index (χ1) is 23.8. The number of alkyl carbamates (subject to hydrolysis) is 2. The van der Waals surface area contributed by atoms with Crippen molar-refractivity contribution in [3.8, 4) is 0 Å². The van der Waals surface area contributed by atoms with Crippen molar-refractivity contribution < 1.29 is 57.3 Å². The van der Waals surface area contributed by atoms with E-state index in [-0.39, 0.29) is 38.0 Å². The lowest BCUT2D eigenvalue weighted by Gasteiger charge is -2.43. The maximum atomic E-state index is 13.0. The van der Waals surface area contributed by atoms with Gasteiger partial charge in [-0.2, -0.15) is 0 Å². The third-order valence-corrected chi connectivity index (χ3v) is 8.27. The Hall–Kier alpha value is -4.32. The molecule has 2 aliphatic heterocycles. The summed E-state index contributed by atoms with van der Waals surface area (Å²) in [5.41, 5.74) is -1.58. The van der Waals surface area contributed by atoms with E-state index in [1.807, 2.05) is 0 Å². The second-order valence-electron chi connectivity index (χ2n) is 15.6. The van der Waals surface area contributed by atoms with Crippen LogP contribution >= 0.6 is 0 Å². The summed E-state index contributed by atoms with van der Waals surface area (Å²) in [7, 11) is 0. The summed E-state index contributed by atoms with van der Waals surface area (Å²) in [4.78, 5) is 107. The van der Waals surface area contributed by atoms with E-state index >= 15 is 0 Å². The van der Waals surface area contributed by atoms with Gasteiger partial charge in [-0.05, 0) is 67.2 Å². The molecule has 0 aromatic rings. The molecule has 2 N–H and O–H groups in total. The number of ether oxygens (including phenoxy) is 4. The number of hydrogen-bond acceptors (Lipinski definition) is 14. The van der Waals surface area contributed by atoms with Gasteiger partial charge in [0.2, 0.25) is 23.6 Å². The molecule has 2 fully saturated rings. The maximum Gasteiger partial charge on any atom is 0.408 e. The number of rotatable bonds is 13. The van der Waals surface area contributed by atoms with E-state index in [1.54, 1.807) is 92.9 Å². The Morgan fingerprint density at radius 1 is 0.558 bits per heavy atom.